The molecule has 0 aromatic heterocycles. The molecule has 88 valence electrons. The van der Waals surface area contributed by atoms with Crippen LogP contribution in [0.1, 0.15) is 18.4 Å². The zero-order valence-electron chi connectivity index (χ0n) is 8.90. The first-order valence-electron chi connectivity index (χ1n) is 5.43. The fraction of sp³-hybridized carbons (Fsp3) is 0.500. The summed E-state index contributed by atoms with van der Waals surface area (Å²) in [5.74, 6) is -0.321. The lowest BCUT2D eigenvalue weighted by molar-refractivity contribution is 0.115. The summed E-state index contributed by atoms with van der Waals surface area (Å²) in [6, 6.07) is 4.68. The normalized spacial score (nSPS) is 19.7. The minimum atomic E-state index is -1.26. The summed E-state index contributed by atoms with van der Waals surface area (Å²) < 4.78 is 28.6. The van der Waals surface area contributed by atoms with E-state index in [-0.39, 0.29) is 12.2 Å². The number of alkyl halides is 1. The van der Waals surface area contributed by atoms with Crippen LogP contribution in [0.5, 0.6) is 0 Å². The van der Waals surface area contributed by atoms with Gasteiger partial charge in [0.2, 0.25) is 0 Å². The number of hydrogen-bond donors (Lipinski definition) is 1. The van der Waals surface area contributed by atoms with Crippen molar-refractivity contribution >= 4 is 15.9 Å². The molecule has 1 saturated heterocycles. The molecule has 1 aromatic carbocycles. The molecule has 1 fully saturated rings. The number of rotatable bonds is 2. The summed E-state index contributed by atoms with van der Waals surface area (Å²) in [4.78, 5) is 0. The Hall–Kier alpha value is -0.480. The molecule has 1 aliphatic heterocycles. The molecule has 1 heterocycles. The Labute approximate surface area is 102 Å². The predicted octanol–water partition coefficient (Wildman–Crippen LogP) is 3.22. The second-order valence-electron chi connectivity index (χ2n) is 4.31. The Kier molecular flexibility index (Phi) is 3.60. The molecule has 0 atom stereocenters. The summed E-state index contributed by atoms with van der Waals surface area (Å²) >= 11 is 3.28. The van der Waals surface area contributed by atoms with Gasteiger partial charge in [-0.15, -0.1) is 0 Å². The first-order chi connectivity index (χ1) is 7.59. The molecule has 0 saturated carbocycles. The maximum atomic E-state index is 14.3. The third-order valence-electron chi connectivity index (χ3n) is 3.01. The van der Waals surface area contributed by atoms with Gasteiger partial charge in [-0.05, 0) is 49.7 Å². The van der Waals surface area contributed by atoms with E-state index < -0.39 is 5.67 Å². The van der Waals surface area contributed by atoms with Crippen LogP contribution >= 0.6 is 15.9 Å². The van der Waals surface area contributed by atoms with Gasteiger partial charge in [-0.3, -0.25) is 0 Å². The summed E-state index contributed by atoms with van der Waals surface area (Å²) in [5.41, 5.74) is -0.800. The highest BCUT2D eigenvalue weighted by Crippen LogP contribution is 2.29. The first kappa shape index (κ1) is 12.0. The van der Waals surface area contributed by atoms with E-state index in [1.165, 1.54) is 6.07 Å². The number of hydrogen-bond acceptors (Lipinski definition) is 1. The van der Waals surface area contributed by atoms with E-state index in [0.717, 1.165) is 4.47 Å². The van der Waals surface area contributed by atoms with Crippen molar-refractivity contribution in [3.05, 3.63) is 34.1 Å². The van der Waals surface area contributed by atoms with Crippen LogP contribution in [0.25, 0.3) is 0 Å². The van der Waals surface area contributed by atoms with Crippen molar-refractivity contribution in [2.75, 3.05) is 13.1 Å². The molecule has 0 unspecified atom stereocenters. The summed E-state index contributed by atoms with van der Waals surface area (Å²) in [6.07, 6.45) is 1.08. The van der Waals surface area contributed by atoms with Gasteiger partial charge in [0.15, 0.2) is 0 Å². The maximum absolute atomic E-state index is 14.3. The van der Waals surface area contributed by atoms with Gasteiger partial charge in [0.1, 0.15) is 11.5 Å². The van der Waals surface area contributed by atoms with Gasteiger partial charge >= 0.3 is 0 Å². The van der Waals surface area contributed by atoms with Crippen LogP contribution in [-0.4, -0.2) is 18.8 Å². The van der Waals surface area contributed by atoms with E-state index in [9.17, 15) is 8.78 Å². The van der Waals surface area contributed by atoms with Crippen LogP contribution in [0, 0.1) is 5.82 Å². The Morgan fingerprint density at radius 1 is 1.31 bits per heavy atom. The first-order valence-corrected chi connectivity index (χ1v) is 6.22. The van der Waals surface area contributed by atoms with Crippen molar-refractivity contribution < 1.29 is 8.78 Å². The SMILES string of the molecule is Fc1ccc(Br)cc1CC1(F)CCNCC1. The van der Waals surface area contributed by atoms with Crippen molar-refractivity contribution in [1.29, 1.82) is 0 Å². The van der Waals surface area contributed by atoms with Gasteiger partial charge < -0.3 is 5.32 Å². The minimum Gasteiger partial charge on any atom is -0.316 e. The van der Waals surface area contributed by atoms with Gasteiger partial charge in [0.05, 0.1) is 0 Å². The van der Waals surface area contributed by atoms with Gasteiger partial charge in [-0.25, -0.2) is 8.78 Å². The molecule has 0 aliphatic carbocycles. The monoisotopic (exact) mass is 289 g/mol. The van der Waals surface area contributed by atoms with Crippen molar-refractivity contribution in [3.8, 4) is 0 Å². The Balaban J connectivity index is 2.15. The zero-order valence-corrected chi connectivity index (χ0v) is 10.5. The van der Waals surface area contributed by atoms with Crippen LogP contribution in [0.15, 0.2) is 22.7 Å². The van der Waals surface area contributed by atoms with E-state index >= 15 is 0 Å². The fourth-order valence-electron chi connectivity index (χ4n) is 2.07. The second kappa shape index (κ2) is 4.80. The maximum Gasteiger partial charge on any atom is 0.126 e. The number of halogens is 3. The Morgan fingerprint density at radius 2 is 2.00 bits per heavy atom. The molecule has 16 heavy (non-hydrogen) atoms. The summed E-state index contributed by atoms with van der Waals surface area (Å²) in [6.45, 7) is 1.35. The molecule has 0 spiro atoms. The van der Waals surface area contributed by atoms with Gasteiger partial charge in [0, 0.05) is 10.9 Å². The highest BCUT2D eigenvalue weighted by atomic mass is 79.9. The molecule has 1 N–H and O–H groups in total. The third-order valence-corrected chi connectivity index (χ3v) is 3.51. The summed E-state index contributed by atoms with van der Waals surface area (Å²) in [7, 11) is 0. The van der Waals surface area contributed by atoms with Crippen LogP contribution in [0.3, 0.4) is 0 Å². The average Bonchev–Trinajstić information content (AvgIpc) is 2.24. The number of nitrogens with one attached hydrogen (secondary N) is 1. The van der Waals surface area contributed by atoms with E-state index in [2.05, 4.69) is 21.2 Å². The molecule has 1 aromatic rings. The molecule has 1 nitrogen and oxygen atoms in total. The second-order valence-corrected chi connectivity index (χ2v) is 5.23. The van der Waals surface area contributed by atoms with Crippen LogP contribution < -0.4 is 5.32 Å². The smallest absolute Gasteiger partial charge is 0.126 e. The molecule has 2 rings (SSSR count). The summed E-state index contributed by atoms with van der Waals surface area (Å²) in [5, 5.41) is 3.11. The van der Waals surface area contributed by atoms with E-state index in [4.69, 9.17) is 0 Å². The highest BCUT2D eigenvalue weighted by molar-refractivity contribution is 9.10. The molecule has 0 bridgehead atoms. The lowest BCUT2D eigenvalue weighted by Crippen LogP contribution is -2.40. The van der Waals surface area contributed by atoms with Gasteiger partial charge in [-0.2, -0.15) is 0 Å². The lowest BCUT2D eigenvalue weighted by atomic mass is 9.87. The number of benzene rings is 1. The van der Waals surface area contributed by atoms with E-state index in [0.29, 0.717) is 31.5 Å². The minimum absolute atomic E-state index is 0.167. The molecular weight excluding hydrogens is 276 g/mol. The van der Waals surface area contributed by atoms with Crippen molar-refractivity contribution in [3.63, 3.8) is 0 Å². The fourth-order valence-corrected chi connectivity index (χ4v) is 2.48. The van der Waals surface area contributed by atoms with Crippen molar-refractivity contribution in [1.82, 2.24) is 5.32 Å². The quantitative estimate of drug-likeness (QED) is 0.882. The lowest BCUT2D eigenvalue weighted by Gasteiger charge is -2.30. The Morgan fingerprint density at radius 3 is 2.69 bits per heavy atom. The van der Waals surface area contributed by atoms with Crippen LogP contribution in [0.2, 0.25) is 0 Å². The van der Waals surface area contributed by atoms with Gasteiger partial charge in [0.25, 0.3) is 0 Å². The number of piperidine rings is 1. The average molecular weight is 290 g/mol. The van der Waals surface area contributed by atoms with Crippen molar-refractivity contribution in [2.45, 2.75) is 24.9 Å². The van der Waals surface area contributed by atoms with Crippen molar-refractivity contribution in [2.24, 2.45) is 0 Å². The highest BCUT2D eigenvalue weighted by Gasteiger charge is 2.32. The standard InChI is InChI=1S/C12H14BrF2N/c13-10-1-2-11(14)9(7-10)8-12(15)3-5-16-6-4-12/h1-2,7,16H,3-6,8H2. The third kappa shape index (κ3) is 2.80. The largest absolute Gasteiger partial charge is 0.316 e. The zero-order chi connectivity index (χ0) is 11.6. The van der Waals surface area contributed by atoms with E-state index in [1.54, 1.807) is 12.1 Å². The van der Waals surface area contributed by atoms with Crippen LogP contribution in [0.4, 0.5) is 8.78 Å². The molecule has 0 amide bonds. The van der Waals surface area contributed by atoms with E-state index in [1.807, 2.05) is 0 Å². The molecular formula is C12H14BrF2N. The molecule has 0 radical (unpaired) electrons. The predicted molar refractivity (Wildman–Crippen MR) is 63.7 cm³/mol. The molecule has 4 heteroatoms. The topological polar surface area (TPSA) is 12.0 Å². The van der Waals surface area contributed by atoms with Gasteiger partial charge in [-0.1, -0.05) is 15.9 Å². The Bertz CT molecular complexity index is 375. The van der Waals surface area contributed by atoms with Crippen LogP contribution in [-0.2, 0) is 6.42 Å². The molecule has 1 aliphatic rings.